The van der Waals surface area contributed by atoms with Crippen LogP contribution in [0, 0.1) is 46.3 Å². The van der Waals surface area contributed by atoms with Crippen LogP contribution in [0.4, 0.5) is 0 Å². The van der Waals surface area contributed by atoms with Crippen LogP contribution < -0.4 is 17.2 Å². The Morgan fingerprint density at radius 3 is 2.14 bits per heavy atom. The fraction of sp³-hybridized carbons (Fsp3) is 1.00. The zero-order chi connectivity index (χ0) is 32.0. The number of hydrogen-bond acceptors (Lipinski definition) is 9. The minimum atomic E-state index is -4.41. The van der Waals surface area contributed by atoms with Crippen LogP contribution in [0.1, 0.15) is 97.8 Å². The smallest absolute Gasteiger partial charge is 0.378 e. The van der Waals surface area contributed by atoms with Gasteiger partial charge in [0.2, 0.25) is 0 Å². The molecule has 4 aliphatic carbocycles. The maximum atomic E-state index is 11.1. The molecular weight excluding hydrogens is 582 g/mol. The Labute approximate surface area is 267 Å². The van der Waals surface area contributed by atoms with Crippen molar-refractivity contribution < 1.29 is 31.4 Å². The van der Waals surface area contributed by atoms with Crippen molar-refractivity contribution in [2.75, 3.05) is 46.1 Å². The van der Waals surface area contributed by atoms with Crippen molar-refractivity contribution in [3.63, 3.8) is 0 Å². The Bertz CT molecular complexity index is 988. The Morgan fingerprint density at radius 2 is 1.48 bits per heavy atom. The van der Waals surface area contributed by atoms with Crippen LogP contribution in [0.5, 0.6) is 0 Å². The Morgan fingerprint density at radius 1 is 0.818 bits per heavy atom. The molecule has 0 amide bonds. The summed E-state index contributed by atoms with van der Waals surface area (Å²) >= 11 is 0. The van der Waals surface area contributed by atoms with E-state index in [4.69, 9.17) is 36.0 Å². The molecule has 4 aliphatic rings. The second kappa shape index (κ2) is 16.2. The molecule has 4 saturated carbocycles. The molecular formula is C33H63N3O7S. The van der Waals surface area contributed by atoms with Gasteiger partial charge in [-0.15, -0.1) is 0 Å². The van der Waals surface area contributed by atoms with Crippen LogP contribution in [-0.4, -0.2) is 77.3 Å². The molecule has 0 heterocycles. The van der Waals surface area contributed by atoms with Crippen molar-refractivity contribution in [2.45, 2.75) is 116 Å². The highest BCUT2D eigenvalue weighted by molar-refractivity contribution is 7.80. The number of nitrogens with two attached hydrogens (primary N) is 3. The molecule has 10 nitrogen and oxygen atoms in total. The summed E-state index contributed by atoms with van der Waals surface area (Å²) in [6, 6.07) is 0. The van der Waals surface area contributed by atoms with Crippen LogP contribution in [0.15, 0.2) is 0 Å². The molecule has 0 aromatic carbocycles. The van der Waals surface area contributed by atoms with Crippen molar-refractivity contribution >= 4 is 10.4 Å². The normalized spacial score (nSPS) is 39.4. The summed E-state index contributed by atoms with van der Waals surface area (Å²) in [5, 5.41) is 0. The third-order valence-corrected chi connectivity index (χ3v) is 13.0. The fourth-order valence-corrected chi connectivity index (χ4v) is 10.7. The molecule has 0 radical (unpaired) electrons. The van der Waals surface area contributed by atoms with Crippen molar-refractivity contribution in [1.82, 2.24) is 0 Å². The van der Waals surface area contributed by atoms with Crippen molar-refractivity contribution in [1.29, 1.82) is 0 Å². The van der Waals surface area contributed by atoms with Gasteiger partial charge in [0.05, 0.1) is 24.9 Å². The van der Waals surface area contributed by atoms with E-state index in [1.807, 2.05) is 0 Å². The highest BCUT2D eigenvalue weighted by Crippen LogP contribution is 2.69. The summed E-state index contributed by atoms with van der Waals surface area (Å²) in [6.45, 7) is 11.4. The van der Waals surface area contributed by atoms with Gasteiger partial charge >= 0.3 is 10.4 Å². The second-order valence-corrected chi connectivity index (χ2v) is 15.9. The third kappa shape index (κ3) is 8.19. The van der Waals surface area contributed by atoms with Gasteiger partial charge in [-0.05, 0) is 138 Å². The van der Waals surface area contributed by atoms with Gasteiger partial charge in [-0.25, -0.2) is 4.18 Å². The number of ether oxygens (including phenoxy) is 3. The molecule has 11 atom stereocenters. The predicted octanol–water partition coefficient (Wildman–Crippen LogP) is 4.30. The summed E-state index contributed by atoms with van der Waals surface area (Å²) < 4.78 is 55.8. The lowest BCUT2D eigenvalue weighted by molar-refractivity contribution is -0.227. The lowest BCUT2D eigenvalue weighted by Gasteiger charge is -2.65. The van der Waals surface area contributed by atoms with E-state index in [1.54, 1.807) is 0 Å². The topological polar surface area (TPSA) is 169 Å². The van der Waals surface area contributed by atoms with Gasteiger partial charge in [-0.3, -0.25) is 4.55 Å². The van der Waals surface area contributed by atoms with Crippen LogP contribution >= 0.6 is 0 Å². The van der Waals surface area contributed by atoms with Crippen molar-refractivity contribution in [3.8, 4) is 0 Å². The number of hydrogen-bond donors (Lipinski definition) is 4. The predicted molar refractivity (Wildman–Crippen MR) is 172 cm³/mol. The van der Waals surface area contributed by atoms with E-state index >= 15 is 0 Å². The van der Waals surface area contributed by atoms with Gasteiger partial charge in [0.1, 0.15) is 0 Å². The molecule has 4 rings (SSSR count). The van der Waals surface area contributed by atoms with E-state index in [0.29, 0.717) is 80.9 Å². The minimum Gasteiger partial charge on any atom is -0.378 e. The third-order valence-electron chi connectivity index (χ3n) is 12.5. The Kier molecular flexibility index (Phi) is 13.4. The van der Waals surface area contributed by atoms with E-state index in [9.17, 15) is 8.42 Å². The van der Waals surface area contributed by atoms with Crippen LogP contribution in [0.3, 0.4) is 0 Å². The first-order valence-electron chi connectivity index (χ1n) is 17.6. The molecule has 0 aromatic rings. The fourth-order valence-electron chi connectivity index (χ4n) is 10.4. The summed E-state index contributed by atoms with van der Waals surface area (Å²) in [4.78, 5) is 0. The van der Waals surface area contributed by atoms with E-state index in [2.05, 4.69) is 25.0 Å². The molecule has 4 fully saturated rings. The van der Waals surface area contributed by atoms with Gasteiger partial charge < -0.3 is 31.4 Å². The first-order valence-corrected chi connectivity index (χ1v) is 18.9. The molecule has 3 unspecified atom stereocenters. The van der Waals surface area contributed by atoms with Crippen LogP contribution in [0.2, 0.25) is 0 Å². The zero-order valence-electron chi connectivity index (χ0n) is 27.7. The number of rotatable bonds is 18. The second-order valence-electron chi connectivity index (χ2n) is 14.8. The van der Waals surface area contributed by atoms with Crippen molar-refractivity contribution in [2.24, 2.45) is 63.5 Å². The maximum absolute atomic E-state index is 11.1. The highest BCUT2D eigenvalue weighted by Gasteiger charge is 2.66. The Balaban J connectivity index is 1.60. The van der Waals surface area contributed by atoms with E-state index in [1.165, 1.54) is 6.42 Å². The molecule has 7 N–H and O–H groups in total. The van der Waals surface area contributed by atoms with Crippen LogP contribution in [0.25, 0.3) is 0 Å². The van der Waals surface area contributed by atoms with Gasteiger partial charge in [0, 0.05) is 25.2 Å². The SMILES string of the molecule is C[C@H](CCCOS(=O)(=O)O)C1CC[C@H]2C3[C@H](OCCCN)CC4C[C@H](OCCCN)CC[C@]4(C)[C@H]3C[C@H](OCCCN)[C@]12C. The number of fused-ring (bicyclic) bond motifs is 5. The first-order chi connectivity index (χ1) is 21.0. The highest BCUT2D eigenvalue weighted by atomic mass is 32.3. The standard InChI is InChI=1S/C33H63N3O7S/c1-23(8-4-19-43-44(37,38)39)26-9-10-27-31-28(22-30(33(26,27)3)42-18-7-15-36)32(2)12-11-25(40-16-5-13-34)20-24(32)21-29(31)41-17-6-14-35/h23-31H,4-22,34-36H2,1-3H3,(H,37,38,39)/t23-,24?,25-,26?,27+,28+,29-,30+,31?,32+,33-/m1/s1. The first kappa shape index (κ1) is 36.5. The van der Waals surface area contributed by atoms with Gasteiger partial charge in [0.15, 0.2) is 0 Å². The molecule has 0 spiro atoms. The average Bonchev–Trinajstić information content (AvgIpc) is 3.34. The molecule has 0 aliphatic heterocycles. The molecule has 0 bridgehead atoms. The maximum Gasteiger partial charge on any atom is 0.397 e. The van der Waals surface area contributed by atoms with Gasteiger partial charge in [-0.2, -0.15) is 8.42 Å². The average molecular weight is 646 g/mol. The monoisotopic (exact) mass is 645 g/mol. The van der Waals surface area contributed by atoms with Crippen molar-refractivity contribution in [3.05, 3.63) is 0 Å². The summed E-state index contributed by atoms with van der Waals surface area (Å²) in [7, 11) is -4.41. The van der Waals surface area contributed by atoms with E-state index in [-0.39, 0.29) is 29.6 Å². The Hall–Kier alpha value is -0.370. The quantitative estimate of drug-likeness (QED) is 0.125. The lowest BCUT2D eigenvalue weighted by atomic mass is 9.43. The van der Waals surface area contributed by atoms with Gasteiger partial charge in [-0.1, -0.05) is 20.8 Å². The molecule has 0 saturated heterocycles. The summed E-state index contributed by atoms with van der Waals surface area (Å²) in [5.41, 5.74) is 17.8. The largest absolute Gasteiger partial charge is 0.397 e. The lowest BCUT2D eigenvalue weighted by Crippen LogP contribution is -2.63. The van der Waals surface area contributed by atoms with Gasteiger partial charge in [0.25, 0.3) is 0 Å². The summed E-state index contributed by atoms with van der Waals surface area (Å²) in [6.07, 6.45) is 12.5. The molecule has 0 aromatic heterocycles. The molecule has 11 heteroatoms. The zero-order valence-corrected chi connectivity index (χ0v) is 28.5. The summed E-state index contributed by atoms with van der Waals surface area (Å²) in [5.74, 6) is 2.86. The molecule has 258 valence electrons. The molecule has 44 heavy (non-hydrogen) atoms. The van der Waals surface area contributed by atoms with E-state index < -0.39 is 10.4 Å². The minimum absolute atomic E-state index is 0.00486. The van der Waals surface area contributed by atoms with Crippen LogP contribution in [-0.2, 0) is 28.8 Å². The van der Waals surface area contributed by atoms with E-state index in [0.717, 1.165) is 70.8 Å².